The van der Waals surface area contributed by atoms with Gasteiger partial charge in [0.15, 0.2) is 13.2 Å². The first kappa shape index (κ1) is 32.8. The molecule has 0 saturated heterocycles. The van der Waals surface area contributed by atoms with Gasteiger partial charge in [-0.2, -0.15) is 0 Å². The minimum Gasteiger partial charge on any atom is -0.508 e. The van der Waals surface area contributed by atoms with Crippen LogP contribution in [0.2, 0.25) is 0 Å². The van der Waals surface area contributed by atoms with Crippen LogP contribution in [0.5, 0.6) is 11.5 Å². The second-order valence-corrected chi connectivity index (χ2v) is 13.4. The highest BCUT2D eigenvalue weighted by molar-refractivity contribution is 5.91. The highest BCUT2D eigenvalue weighted by Gasteiger charge is 2.68. The van der Waals surface area contributed by atoms with Gasteiger partial charge in [0.25, 0.3) is 0 Å². The van der Waals surface area contributed by atoms with E-state index in [0.717, 1.165) is 0 Å². The molecule has 0 spiro atoms. The number of carbonyl (C=O) groups is 5. The number of hydrogen-bond acceptors (Lipinski definition) is 12. The number of phenolic OH excluding ortho intramolecular Hbond substituents is 2. The van der Waals surface area contributed by atoms with Crippen molar-refractivity contribution in [2.24, 2.45) is 11.3 Å². The van der Waals surface area contributed by atoms with Crippen molar-refractivity contribution in [1.29, 1.82) is 0 Å². The first-order valence-corrected chi connectivity index (χ1v) is 15.2. The molecule has 4 aliphatic carbocycles. The molecule has 46 heavy (non-hydrogen) atoms. The molecule has 2 N–H and O–H groups in total. The van der Waals surface area contributed by atoms with Gasteiger partial charge in [-0.3, -0.25) is 4.79 Å². The van der Waals surface area contributed by atoms with Crippen molar-refractivity contribution in [3.05, 3.63) is 59.7 Å². The number of ether oxygens (including phenoxy) is 5. The van der Waals surface area contributed by atoms with E-state index in [1.54, 1.807) is 13.8 Å². The molecule has 2 aromatic carbocycles. The van der Waals surface area contributed by atoms with E-state index in [2.05, 4.69) is 0 Å². The molecule has 0 heterocycles. The molecular formula is C34H38O12. The Morgan fingerprint density at radius 3 is 1.41 bits per heavy atom. The van der Waals surface area contributed by atoms with Gasteiger partial charge in [-0.25, -0.2) is 19.2 Å². The van der Waals surface area contributed by atoms with Crippen LogP contribution in [0.1, 0.15) is 86.4 Å². The first-order chi connectivity index (χ1) is 21.6. The van der Waals surface area contributed by atoms with E-state index in [9.17, 15) is 34.2 Å². The Morgan fingerprint density at radius 2 is 1.04 bits per heavy atom. The summed E-state index contributed by atoms with van der Waals surface area (Å²) in [6.45, 7) is 4.09. The van der Waals surface area contributed by atoms with Gasteiger partial charge in [-0.15, -0.1) is 0 Å². The van der Waals surface area contributed by atoms with E-state index in [-0.39, 0.29) is 47.8 Å². The van der Waals surface area contributed by atoms with E-state index in [1.165, 1.54) is 48.5 Å². The molecule has 2 aromatic rings. The van der Waals surface area contributed by atoms with Crippen LogP contribution in [0.4, 0.5) is 0 Å². The monoisotopic (exact) mass is 638 g/mol. The Morgan fingerprint density at radius 1 is 0.674 bits per heavy atom. The molecule has 6 rings (SSSR count). The quantitative estimate of drug-likeness (QED) is 0.263. The standard InChI is InChI=1S/C34H38O12/c1-4-31(2,3)30(41)46-34-15-21-13-32(19-34,44-26(37)16-42-28(39)22-5-9-24(35)10-6-22)18-33(14-21,20-34)45-27(38)17-43-29(40)23-7-11-25(36)12-8-23/h5-12,21,35-36H,4,13-20H2,1-3H3. The van der Waals surface area contributed by atoms with Gasteiger partial charge in [0.05, 0.1) is 16.5 Å². The number of esters is 5. The molecule has 4 bridgehead atoms. The van der Waals surface area contributed by atoms with Crippen molar-refractivity contribution < 1.29 is 57.9 Å². The zero-order valence-corrected chi connectivity index (χ0v) is 26.0. The van der Waals surface area contributed by atoms with E-state index in [1.807, 2.05) is 6.92 Å². The average molecular weight is 639 g/mol. The molecule has 4 saturated carbocycles. The molecule has 246 valence electrons. The lowest BCUT2D eigenvalue weighted by Gasteiger charge is -2.63. The minimum atomic E-state index is -1.17. The SMILES string of the molecule is CCC(C)(C)C(=O)OC12CC3CC(OC(=O)COC(=O)c4ccc(O)cc4)(CC(OC(=O)COC(=O)c4ccc(O)cc4)(C3)C1)C2. The maximum Gasteiger partial charge on any atom is 0.344 e. The third kappa shape index (κ3) is 7.11. The third-order valence-corrected chi connectivity index (χ3v) is 9.17. The molecule has 0 radical (unpaired) electrons. The summed E-state index contributed by atoms with van der Waals surface area (Å²) in [6.07, 6.45) is 2.42. The Balaban J connectivity index is 1.31. The van der Waals surface area contributed by atoms with Crippen molar-refractivity contribution in [2.45, 2.75) is 82.5 Å². The second kappa shape index (κ2) is 12.3. The number of carbonyl (C=O) groups excluding carboxylic acids is 5. The maximum atomic E-state index is 13.3. The summed E-state index contributed by atoms with van der Waals surface area (Å²) in [5.74, 6) is -3.76. The van der Waals surface area contributed by atoms with Gasteiger partial charge in [0.1, 0.15) is 28.3 Å². The molecular weight excluding hydrogens is 600 g/mol. The van der Waals surface area contributed by atoms with Crippen LogP contribution in [0.3, 0.4) is 0 Å². The summed E-state index contributed by atoms with van der Waals surface area (Å²) in [7, 11) is 0. The zero-order chi connectivity index (χ0) is 33.3. The molecule has 0 amide bonds. The highest BCUT2D eigenvalue weighted by atomic mass is 16.6. The van der Waals surface area contributed by atoms with Crippen LogP contribution in [-0.4, -0.2) is 70.1 Å². The Bertz CT molecular complexity index is 1420. The fraction of sp³-hybridized carbons (Fsp3) is 0.500. The van der Waals surface area contributed by atoms with Crippen molar-refractivity contribution in [2.75, 3.05) is 13.2 Å². The summed E-state index contributed by atoms with van der Waals surface area (Å²) in [6, 6.07) is 10.7. The lowest BCUT2D eigenvalue weighted by molar-refractivity contribution is -0.275. The van der Waals surface area contributed by atoms with Crippen LogP contribution in [-0.2, 0) is 38.1 Å². The van der Waals surface area contributed by atoms with E-state index in [0.29, 0.717) is 25.7 Å². The van der Waals surface area contributed by atoms with E-state index < -0.39 is 65.3 Å². The number of phenols is 2. The number of benzene rings is 2. The fourth-order valence-electron chi connectivity index (χ4n) is 7.15. The highest BCUT2D eigenvalue weighted by Crippen LogP contribution is 2.63. The van der Waals surface area contributed by atoms with Crippen LogP contribution in [0.15, 0.2) is 48.5 Å². The lowest BCUT2D eigenvalue weighted by Crippen LogP contribution is -2.69. The van der Waals surface area contributed by atoms with Gasteiger partial charge in [0, 0.05) is 19.3 Å². The largest absolute Gasteiger partial charge is 0.508 e. The molecule has 4 fully saturated rings. The van der Waals surface area contributed by atoms with E-state index >= 15 is 0 Å². The Kier molecular flexibility index (Phi) is 8.76. The minimum absolute atomic E-state index is 0.0279. The molecule has 0 aromatic heterocycles. The number of rotatable bonds is 11. The normalized spacial score (nSPS) is 26.1. The van der Waals surface area contributed by atoms with Crippen LogP contribution < -0.4 is 0 Å². The maximum absolute atomic E-state index is 13.3. The van der Waals surface area contributed by atoms with Crippen molar-refractivity contribution >= 4 is 29.8 Å². The Hall–Kier alpha value is -4.61. The van der Waals surface area contributed by atoms with Gasteiger partial charge in [0.2, 0.25) is 0 Å². The third-order valence-electron chi connectivity index (χ3n) is 9.17. The molecule has 12 heteroatoms. The number of hydrogen-bond donors (Lipinski definition) is 2. The summed E-state index contributed by atoms with van der Waals surface area (Å²) in [4.78, 5) is 64.3. The van der Waals surface area contributed by atoms with Gasteiger partial charge >= 0.3 is 29.8 Å². The molecule has 12 nitrogen and oxygen atoms in total. The van der Waals surface area contributed by atoms with Gasteiger partial charge < -0.3 is 33.9 Å². The zero-order valence-electron chi connectivity index (χ0n) is 26.0. The molecule has 4 aliphatic rings. The van der Waals surface area contributed by atoms with Gasteiger partial charge in [-0.05, 0) is 94.0 Å². The van der Waals surface area contributed by atoms with E-state index in [4.69, 9.17) is 23.7 Å². The molecule has 2 atom stereocenters. The number of aromatic hydroxyl groups is 2. The summed E-state index contributed by atoms with van der Waals surface area (Å²) >= 11 is 0. The molecule has 2 unspecified atom stereocenters. The van der Waals surface area contributed by atoms with Gasteiger partial charge in [-0.1, -0.05) is 6.92 Å². The van der Waals surface area contributed by atoms with Crippen LogP contribution in [0, 0.1) is 11.3 Å². The average Bonchev–Trinajstić information content (AvgIpc) is 2.98. The first-order valence-electron chi connectivity index (χ1n) is 15.2. The predicted octanol–water partition coefficient (Wildman–Crippen LogP) is 4.39. The summed E-state index contributed by atoms with van der Waals surface area (Å²) in [5.41, 5.74) is -3.90. The smallest absolute Gasteiger partial charge is 0.344 e. The second-order valence-electron chi connectivity index (χ2n) is 13.4. The summed E-state index contributed by atoms with van der Waals surface area (Å²) < 4.78 is 28.5. The summed E-state index contributed by atoms with van der Waals surface area (Å²) in [5, 5.41) is 18.9. The van der Waals surface area contributed by atoms with Crippen molar-refractivity contribution in [3.8, 4) is 11.5 Å². The van der Waals surface area contributed by atoms with Crippen LogP contribution >= 0.6 is 0 Å². The topological polar surface area (TPSA) is 172 Å². The molecule has 0 aliphatic heterocycles. The fourth-order valence-corrected chi connectivity index (χ4v) is 7.15. The lowest BCUT2D eigenvalue weighted by atomic mass is 9.50. The van der Waals surface area contributed by atoms with Crippen molar-refractivity contribution in [3.63, 3.8) is 0 Å². The van der Waals surface area contributed by atoms with Crippen molar-refractivity contribution in [1.82, 2.24) is 0 Å². The Labute approximate surface area is 265 Å². The van der Waals surface area contributed by atoms with Crippen LogP contribution in [0.25, 0.3) is 0 Å². The predicted molar refractivity (Wildman–Crippen MR) is 159 cm³/mol.